The molecule has 0 fully saturated rings. The van der Waals surface area contributed by atoms with Gasteiger partial charge in [0, 0.05) is 0 Å². The first kappa shape index (κ1) is 14.1. The second kappa shape index (κ2) is 6.25. The molecule has 1 aromatic heterocycles. The van der Waals surface area contributed by atoms with E-state index in [2.05, 4.69) is 15.0 Å². The van der Waals surface area contributed by atoms with E-state index in [4.69, 9.17) is 16.7 Å². The number of pyridine rings is 1. The number of hydrogen-bond acceptors (Lipinski definition) is 5. The van der Waals surface area contributed by atoms with Crippen molar-refractivity contribution in [1.82, 2.24) is 4.98 Å². The number of hydrogen-bond donors (Lipinski definition) is 2. The van der Waals surface area contributed by atoms with Crippen LogP contribution in [0.5, 0.6) is 5.75 Å². The molecule has 0 atom stereocenters. The van der Waals surface area contributed by atoms with Crippen LogP contribution in [0.2, 0.25) is 5.02 Å². The van der Waals surface area contributed by atoms with Crippen molar-refractivity contribution < 1.29 is 14.6 Å². The number of ether oxygens (including phenoxy) is 1. The Hall–Kier alpha value is -2.27. The van der Waals surface area contributed by atoms with Crippen molar-refractivity contribution in [2.75, 3.05) is 12.4 Å². The van der Waals surface area contributed by atoms with Gasteiger partial charge in [-0.25, -0.2) is 4.79 Å². The molecule has 2 rings (SSSR count). The molecule has 0 aliphatic rings. The number of nitrogens with one attached hydrogen (secondary N) is 1. The van der Waals surface area contributed by atoms with Gasteiger partial charge in [-0.2, -0.15) is 0 Å². The average Bonchev–Trinajstić information content (AvgIpc) is 2.47. The lowest BCUT2D eigenvalue weighted by Crippen LogP contribution is -2.05. The van der Waals surface area contributed by atoms with Gasteiger partial charge >= 0.3 is 5.97 Å². The molecule has 20 heavy (non-hydrogen) atoms. The summed E-state index contributed by atoms with van der Waals surface area (Å²) in [7, 11) is 1.32. The predicted molar refractivity (Wildman–Crippen MR) is 76.0 cm³/mol. The van der Waals surface area contributed by atoms with Gasteiger partial charge in [0.15, 0.2) is 0 Å². The molecule has 0 saturated carbocycles. The largest absolute Gasteiger partial charge is 0.506 e. The molecule has 1 aromatic carbocycles. The molecule has 0 bridgehead atoms. The third-order valence-electron chi connectivity index (χ3n) is 2.66. The number of aromatic nitrogens is 1. The minimum absolute atomic E-state index is 0.111. The summed E-state index contributed by atoms with van der Waals surface area (Å²) >= 11 is 6.06. The Balaban J connectivity index is 2.12. The highest BCUT2D eigenvalue weighted by atomic mass is 35.5. The molecule has 2 N–H and O–H groups in total. The molecular formula is C14H13ClN2O3. The van der Waals surface area contributed by atoms with Gasteiger partial charge in [0.2, 0.25) is 0 Å². The third kappa shape index (κ3) is 3.39. The van der Waals surface area contributed by atoms with Crippen molar-refractivity contribution in [2.24, 2.45) is 0 Å². The number of methoxy groups -OCH3 is 1. The first-order valence-electron chi connectivity index (χ1n) is 5.86. The molecule has 104 valence electrons. The average molecular weight is 293 g/mol. The number of nitrogens with zero attached hydrogens (tertiary/aromatic N) is 1. The zero-order chi connectivity index (χ0) is 14.5. The van der Waals surface area contributed by atoms with Crippen LogP contribution in [0.15, 0.2) is 36.5 Å². The van der Waals surface area contributed by atoms with Gasteiger partial charge < -0.3 is 15.2 Å². The van der Waals surface area contributed by atoms with E-state index in [1.54, 1.807) is 30.3 Å². The standard InChI is InChI=1S/C14H13ClN2O3/c1-20-14(19)9-2-5-12(15)13(6-9)17-7-10-3-4-11(18)8-16-10/h2-6,8,17-18H,7H2,1H3. The van der Waals surface area contributed by atoms with Crippen LogP contribution in [0, 0.1) is 0 Å². The number of carbonyl (C=O) groups excluding carboxylic acids is 1. The van der Waals surface area contributed by atoms with Crippen LogP contribution in [0.1, 0.15) is 16.1 Å². The maximum Gasteiger partial charge on any atom is 0.337 e. The second-order valence-corrected chi connectivity index (χ2v) is 4.45. The van der Waals surface area contributed by atoms with Crippen LogP contribution in [0.3, 0.4) is 0 Å². The van der Waals surface area contributed by atoms with Crippen LogP contribution in [0.25, 0.3) is 0 Å². The fourth-order valence-electron chi connectivity index (χ4n) is 1.61. The number of anilines is 1. The first-order chi connectivity index (χ1) is 9.60. The third-order valence-corrected chi connectivity index (χ3v) is 2.99. The molecule has 1 heterocycles. The number of aromatic hydroxyl groups is 1. The van der Waals surface area contributed by atoms with Gasteiger partial charge in [-0.15, -0.1) is 0 Å². The normalized spacial score (nSPS) is 10.1. The van der Waals surface area contributed by atoms with Crippen LogP contribution >= 0.6 is 11.6 Å². The highest BCUT2D eigenvalue weighted by Crippen LogP contribution is 2.24. The number of esters is 1. The molecule has 2 aromatic rings. The molecule has 0 spiro atoms. The summed E-state index contributed by atoms with van der Waals surface area (Å²) in [5.74, 6) is -0.313. The van der Waals surface area contributed by atoms with E-state index in [0.717, 1.165) is 5.69 Å². The summed E-state index contributed by atoms with van der Waals surface area (Å²) < 4.78 is 4.66. The van der Waals surface area contributed by atoms with Crippen molar-refractivity contribution >= 4 is 23.3 Å². The number of halogens is 1. The molecule has 0 radical (unpaired) electrons. The Morgan fingerprint density at radius 1 is 1.40 bits per heavy atom. The summed E-state index contributed by atoms with van der Waals surface area (Å²) in [6, 6.07) is 8.09. The molecule has 6 heteroatoms. The number of carbonyl (C=O) groups is 1. The molecule has 5 nitrogen and oxygen atoms in total. The molecule has 0 unspecified atom stereocenters. The minimum Gasteiger partial charge on any atom is -0.506 e. The van der Waals surface area contributed by atoms with E-state index in [-0.39, 0.29) is 5.75 Å². The first-order valence-corrected chi connectivity index (χ1v) is 6.23. The topological polar surface area (TPSA) is 71.5 Å². The van der Waals surface area contributed by atoms with Gasteiger partial charge in [0.05, 0.1) is 41.8 Å². The second-order valence-electron chi connectivity index (χ2n) is 4.05. The Kier molecular flexibility index (Phi) is 4.42. The van der Waals surface area contributed by atoms with Gasteiger partial charge in [-0.05, 0) is 30.3 Å². The Morgan fingerprint density at radius 2 is 2.20 bits per heavy atom. The molecule has 0 aliphatic heterocycles. The smallest absolute Gasteiger partial charge is 0.337 e. The van der Waals surface area contributed by atoms with Crippen LogP contribution in [0.4, 0.5) is 5.69 Å². The summed E-state index contributed by atoms with van der Waals surface area (Å²) in [6.07, 6.45) is 1.36. The van der Waals surface area contributed by atoms with E-state index in [9.17, 15) is 4.79 Å². The van der Waals surface area contributed by atoms with Gasteiger partial charge in [0.1, 0.15) is 5.75 Å². The molecular weight excluding hydrogens is 280 g/mol. The van der Waals surface area contributed by atoms with Gasteiger partial charge in [0.25, 0.3) is 0 Å². The lowest BCUT2D eigenvalue weighted by atomic mass is 10.2. The predicted octanol–water partition coefficient (Wildman–Crippen LogP) is 2.84. The van der Waals surface area contributed by atoms with Crippen molar-refractivity contribution in [3.63, 3.8) is 0 Å². The monoisotopic (exact) mass is 292 g/mol. The van der Waals surface area contributed by atoms with E-state index in [0.29, 0.717) is 22.8 Å². The summed E-state index contributed by atoms with van der Waals surface area (Å²) in [6.45, 7) is 0.421. The van der Waals surface area contributed by atoms with Gasteiger partial charge in [-0.1, -0.05) is 11.6 Å². The quantitative estimate of drug-likeness (QED) is 0.848. The lowest BCUT2D eigenvalue weighted by Gasteiger charge is -2.09. The van der Waals surface area contributed by atoms with Crippen molar-refractivity contribution in [3.05, 3.63) is 52.8 Å². The van der Waals surface area contributed by atoms with E-state index >= 15 is 0 Å². The maximum atomic E-state index is 11.5. The fourth-order valence-corrected chi connectivity index (χ4v) is 1.80. The molecule has 0 saturated heterocycles. The summed E-state index contributed by atoms with van der Waals surface area (Å²) in [5, 5.41) is 12.7. The van der Waals surface area contributed by atoms with Crippen LogP contribution < -0.4 is 5.32 Å². The van der Waals surface area contributed by atoms with Crippen molar-refractivity contribution in [1.29, 1.82) is 0 Å². The van der Waals surface area contributed by atoms with Crippen molar-refractivity contribution in [3.8, 4) is 5.75 Å². The van der Waals surface area contributed by atoms with Crippen LogP contribution in [-0.4, -0.2) is 23.2 Å². The zero-order valence-corrected chi connectivity index (χ0v) is 11.5. The van der Waals surface area contributed by atoms with E-state index in [1.807, 2.05) is 0 Å². The summed E-state index contributed by atoms with van der Waals surface area (Å²) in [4.78, 5) is 15.5. The Labute approximate surface area is 121 Å². The molecule has 0 aliphatic carbocycles. The van der Waals surface area contributed by atoms with Crippen molar-refractivity contribution in [2.45, 2.75) is 6.54 Å². The van der Waals surface area contributed by atoms with E-state index in [1.165, 1.54) is 13.3 Å². The Bertz CT molecular complexity index is 614. The fraction of sp³-hybridized carbons (Fsp3) is 0.143. The zero-order valence-electron chi connectivity index (χ0n) is 10.8. The Morgan fingerprint density at radius 3 is 2.85 bits per heavy atom. The lowest BCUT2D eigenvalue weighted by molar-refractivity contribution is 0.0601. The van der Waals surface area contributed by atoms with Gasteiger partial charge in [-0.3, -0.25) is 4.98 Å². The minimum atomic E-state index is -0.424. The number of benzene rings is 1. The SMILES string of the molecule is COC(=O)c1ccc(Cl)c(NCc2ccc(O)cn2)c1. The van der Waals surface area contributed by atoms with Crippen LogP contribution in [-0.2, 0) is 11.3 Å². The highest BCUT2D eigenvalue weighted by molar-refractivity contribution is 6.33. The number of rotatable bonds is 4. The summed E-state index contributed by atoms with van der Waals surface area (Å²) in [5.41, 5.74) is 1.77. The highest BCUT2D eigenvalue weighted by Gasteiger charge is 2.09. The maximum absolute atomic E-state index is 11.5. The molecule has 0 amide bonds. The van der Waals surface area contributed by atoms with E-state index < -0.39 is 5.97 Å².